The molecule has 3 rings (SSSR count). The first-order valence-electron chi connectivity index (χ1n) is 9.57. The molecule has 0 heterocycles. The van der Waals surface area contributed by atoms with Crippen LogP contribution in [0.25, 0.3) is 0 Å². The fourth-order valence-corrected chi connectivity index (χ4v) is 4.41. The van der Waals surface area contributed by atoms with Gasteiger partial charge in [-0.1, -0.05) is 32.8 Å². The first-order valence-corrected chi connectivity index (χ1v) is 9.57. The van der Waals surface area contributed by atoms with Crippen molar-refractivity contribution < 1.29 is 14.3 Å². The molecule has 2 aliphatic carbocycles. The second kappa shape index (κ2) is 7.59. The Kier molecular flexibility index (Phi) is 5.45. The van der Waals surface area contributed by atoms with Crippen molar-refractivity contribution in [2.45, 2.75) is 71.3 Å². The summed E-state index contributed by atoms with van der Waals surface area (Å²) in [6, 6.07) is 5.47. The van der Waals surface area contributed by atoms with Crippen LogP contribution in [0.3, 0.4) is 0 Å². The van der Waals surface area contributed by atoms with Crippen LogP contribution in [-0.4, -0.2) is 17.9 Å². The van der Waals surface area contributed by atoms with E-state index in [9.17, 15) is 9.59 Å². The number of esters is 1. The van der Waals surface area contributed by atoms with Crippen molar-refractivity contribution >= 4 is 11.9 Å². The molecule has 0 aliphatic heterocycles. The van der Waals surface area contributed by atoms with E-state index in [0.717, 1.165) is 12.3 Å². The Morgan fingerprint density at radius 1 is 1.16 bits per heavy atom. The van der Waals surface area contributed by atoms with Crippen molar-refractivity contribution in [3.05, 3.63) is 29.3 Å². The third-order valence-corrected chi connectivity index (χ3v) is 5.71. The summed E-state index contributed by atoms with van der Waals surface area (Å²) in [5.74, 6) is 1.39. The zero-order valence-electron chi connectivity index (χ0n) is 15.5. The average Bonchev–Trinajstić information content (AvgIpc) is 2.59. The summed E-state index contributed by atoms with van der Waals surface area (Å²) in [5.41, 5.74) is 2.78. The van der Waals surface area contributed by atoms with Gasteiger partial charge in [-0.15, -0.1) is 0 Å². The first-order chi connectivity index (χ1) is 12.0. The second-order valence-corrected chi connectivity index (χ2v) is 7.89. The van der Waals surface area contributed by atoms with Gasteiger partial charge in [-0.25, -0.2) is 4.79 Å². The number of nitrogens with one attached hydrogen (secondary N) is 1. The number of hydrogen-bond acceptors (Lipinski definition) is 3. The molecule has 3 unspecified atom stereocenters. The Morgan fingerprint density at radius 2 is 1.92 bits per heavy atom. The summed E-state index contributed by atoms with van der Waals surface area (Å²) in [4.78, 5) is 23.8. The molecule has 1 aromatic rings. The minimum Gasteiger partial charge on any atom is -0.425 e. The normalized spacial score (nSPS) is 23.4. The van der Waals surface area contributed by atoms with Crippen LogP contribution < -0.4 is 10.1 Å². The van der Waals surface area contributed by atoms with E-state index in [-0.39, 0.29) is 17.8 Å². The van der Waals surface area contributed by atoms with Gasteiger partial charge in [0.05, 0.1) is 0 Å². The highest BCUT2D eigenvalue weighted by molar-refractivity contribution is 5.84. The number of aryl methyl sites for hydroxylation is 1. The third-order valence-electron chi connectivity index (χ3n) is 5.71. The van der Waals surface area contributed by atoms with E-state index in [1.54, 1.807) is 0 Å². The summed E-state index contributed by atoms with van der Waals surface area (Å²) >= 11 is 0. The number of fused-ring (bicyclic) bond motifs is 3. The Labute approximate surface area is 150 Å². The van der Waals surface area contributed by atoms with Gasteiger partial charge >= 0.3 is 5.97 Å². The van der Waals surface area contributed by atoms with Crippen LogP contribution in [0.5, 0.6) is 5.75 Å². The molecule has 1 aromatic carbocycles. The fourth-order valence-electron chi connectivity index (χ4n) is 4.41. The van der Waals surface area contributed by atoms with Gasteiger partial charge in [-0.05, 0) is 66.7 Å². The van der Waals surface area contributed by atoms with Crippen LogP contribution in [0.15, 0.2) is 18.2 Å². The topological polar surface area (TPSA) is 55.4 Å². The zero-order chi connectivity index (χ0) is 18.0. The molecule has 4 heteroatoms. The van der Waals surface area contributed by atoms with Gasteiger partial charge in [0, 0.05) is 6.92 Å². The molecule has 0 radical (unpaired) electrons. The summed E-state index contributed by atoms with van der Waals surface area (Å²) in [7, 11) is 0. The predicted molar refractivity (Wildman–Crippen MR) is 97.5 cm³/mol. The molecule has 3 atom stereocenters. The quantitative estimate of drug-likeness (QED) is 0.665. The van der Waals surface area contributed by atoms with Gasteiger partial charge in [-0.2, -0.15) is 0 Å². The van der Waals surface area contributed by atoms with Crippen LogP contribution in [0.4, 0.5) is 0 Å². The number of hydrogen-bond donors (Lipinski definition) is 1. The SMILES string of the molecule is CC(=O)NC(C(=O)Oc1ccc2c(c1)C1CCCCC1CC2)C(C)C. The van der Waals surface area contributed by atoms with Gasteiger partial charge in [0.15, 0.2) is 0 Å². The van der Waals surface area contributed by atoms with Crippen molar-refractivity contribution in [3.63, 3.8) is 0 Å². The van der Waals surface area contributed by atoms with Crippen molar-refractivity contribution in [3.8, 4) is 5.75 Å². The van der Waals surface area contributed by atoms with Crippen molar-refractivity contribution in [1.82, 2.24) is 5.32 Å². The minimum atomic E-state index is -0.615. The monoisotopic (exact) mass is 343 g/mol. The van der Waals surface area contributed by atoms with E-state index in [2.05, 4.69) is 17.4 Å². The molecule has 1 amide bonds. The zero-order valence-corrected chi connectivity index (χ0v) is 15.5. The van der Waals surface area contributed by atoms with Gasteiger partial charge in [-0.3, -0.25) is 4.79 Å². The van der Waals surface area contributed by atoms with E-state index >= 15 is 0 Å². The average molecular weight is 343 g/mol. The lowest BCUT2D eigenvalue weighted by Crippen LogP contribution is -2.45. The number of ether oxygens (including phenoxy) is 1. The molecular formula is C21H29NO3. The number of carbonyl (C=O) groups excluding carboxylic acids is 2. The molecule has 136 valence electrons. The number of benzene rings is 1. The van der Waals surface area contributed by atoms with E-state index in [1.807, 2.05) is 19.9 Å². The molecule has 25 heavy (non-hydrogen) atoms. The van der Waals surface area contributed by atoms with E-state index < -0.39 is 6.04 Å². The minimum absolute atomic E-state index is 0.0169. The summed E-state index contributed by atoms with van der Waals surface area (Å²) in [6.45, 7) is 5.23. The van der Waals surface area contributed by atoms with Gasteiger partial charge < -0.3 is 10.1 Å². The number of amides is 1. The van der Waals surface area contributed by atoms with Crippen LogP contribution in [0.1, 0.15) is 69.9 Å². The van der Waals surface area contributed by atoms with E-state index in [1.165, 1.54) is 50.2 Å². The van der Waals surface area contributed by atoms with Crippen LogP contribution in [-0.2, 0) is 16.0 Å². The largest absolute Gasteiger partial charge is 0.425 e. The highest BCUT2D eigenvalue weighted by atomic mass is 16.5. The first kappa shape index (κ1) is 18.0. The van der Waals surface area contributed by atoms with Gasteiger partial charge in [0.25, 0.3) is 0 Å². The van der Waals surface area contributed by atoms with Gasteiger partial charge in [0.2, 0.25) is 5.91 Å². The molecular weight excluding hydrogens is 314 g/mol. The summed E-state index contributed by atoms with van der Waals surface area (Å²) in [5, 5.41) is 2.69. The van der Waals surface area contributed by atoms with E-state index in [4.69, 9.17) is 4.74 Å². The van der Waals surface area contributed by atoms with Crippen LogP contribution >= 0.6 is 0 Å². The Bertz CT molecular complexity index is 653. The summed E-state index contributed by atoms with van der Waals surface area (Å²) < 4.78 is 5.63. The van der Waals surface area contributed by atoms with Crippen LogP contribution in [0.2, 0.25) is 0 Å². The maximum atomic E-state index is 12.5. The molecule has 0 saturated heterocycles. The Hall–Kier alpha value is -1.84. The maximum Gasteiger partial charge on any atom is 0.334 e. The highest BCUT2D eigenvalue weighted by Gasteiger charge is 2.32. The standard InChI is InChI=1S/C21H29NO3/c1-13(2)20(22-14(3)23)21(24)25-17-11-10-16-9-8-15-6-4-5-7-18(15)19(16)12-17/h10-13,15,18,20H,4-9H2,1-3H3,(H,22,23). The lowest BCUT2D eigenvalue weighted by atomic mass is 9.68. The Balaban J connectivity index is 1.77. The molecule has 1 N–H and O–H groups in total. The predicted octanol–water partition coefficient (Wildman–Crippen LogP) is 3.97. The number of rotatable bonds is 4. The van der Waals surface area contributed by atoms with E-state index in [0.29, 0.717) is 11.7 Å². The van der Waals surface area contributed by atoms with Crippen molar-refractivity contribution in [2.75, 3.05) is 0 Å². The maximum absolute atomic E-state index is 12.5. The third kappa shape index (κ3) is 4.05. The lowest BCUT2D eigenvalue weighted by Gasteiger charge is -2.37. The second-order valence-electron chi connectivity index (χ2n) is 7.89. The van der Waals surface area contributed by atoms with Crippen LogP contribution in [0, 0.1) is 11.8 Å². The molecule has 1 saturated carbocycles. The molecule has 0 aromatic heterocycles. The molecule has 0 spiro atoms. The highest BCUT2D eigenvalue weighted by Crippen LogP contribution is 2.45. The number of carbonyl (C=O) groups is 2. The molecule has 4 nitrogen and oxygen atoms in total. The lowest BCUT2D eigenvalue weighted by molar-refractivity contribution is -0.140. The molecule has 1 fully saturated rings. The smallest absolute Gasteiger partial charge is 0.334 e. The fraction of sp³-hybridized carbons (Fsp3) is 0.619. The van der Waals surface area contributed by atoms with Crippen molar-refractivity contribution in [2.24, 2.45) is 11.8 Å². The summed E-state index contributed by atoms with van der Waals surface area (Å²) in [6.07, 6.45) is 7.63. The molecule has 2 aliphatic rings. The Morgan fingerprint density at radius 3 is 2.64 bits per heavy atom. The van der Waals surface area contributed by atoms with Crippen molar-refractivity contribution in [1.29, 1.82) is 0 Å². The molecule has 0 bridgehead atoms. The van der Waals surface area contributed by atoms with Gasteiger partial charge in [0.1, 0.15) is 11.8 Å².